The van der Waals surface area contributed by atoms with Crippen LogP contribution in [0, 0.1) is 6.92 Å². The van der Waals surface area contributed by atoms with Crippen LogP contribution in [0.1, 0.15) is 30.5 Å². The molecule has 5 heteroatoms. The first-order valence-corrected chi connectivity index (χ1v) is 8.41. The largest absolute Gasteiger partial charge is 0.497 e. The van der Waals surface area contributed by atoms with E-state index in [0.717, 1.165) is 29.0 Å². The van der Waals surface area contributed by atoms with Crippen LogP contribution in [0.3, 0.4) is 0 Å². The number of carbonyl (C=O) groups is 1. The van der Waals surface area contributed by atoms with Crippen molar-refractivity contribution in [3.8, 4) is 17.2 Å². The molecule has 0 aliphatic carbocycles. The summed E-state index contributed by atoms with van der Waals surface area (Å²) in [6, 6.07) is 13.2. The second kappa shape index (κ2) is 7.47. The third-order valence-corrected chi connectivity index (χ3v) is 4.26. The van der Waals surface area contributed by atoms with Gasteiger partial charge < -0.3 is 19.5 Å². The summed E-state index contributed by atoms with van der Waals surface area (Å²) in [7, 11) is 1.61. The number of carbonyl (C=O) groups excluding carboxylic acids is 1. The topological polar surface area (TPSA) is 56.8 Å². The van der Waals surface area contributed by atoms with E-state index in [0.29, 0.717) is 12.4 Å². The van der Waals surface area contributed by atoms with Crippen LogP contribution in [0.15, 0.2) is 42.5 Å². The van der Waals surface area contributed by atoms with Crippen molar-refractivity contribution in [2.75, 3.05) is 13.7 Å². The van der Waals surface area contributed by atoms with Gasteiger partial charge in [-0.3, -0.25) is 4.79 Å². The lowest BCUT2D eigenvalue weighted by molar-refractivity contribution is -0.128. The molecule has 2 atom stereocenters. The van der Waals surface area contributed by atoms with Gasteiger partial charge in [0.05, 0.1) is 19.8 Å². The first kappa shape index (κ1) is 17.1. The number of rotatable bonds is 5. The number of hydrogen-bond acceptors (Lipinski definition) is 4. The first-order valence-electron chi connectivity index (χ1n) is 8.41. The Kier molecular flexibility index (Phi) is 5.12. The van der Waals surface area contributed by atoms with E-state index in [1.54, 1.807) is 38.3 Å². The maximum Gasteiger partial charge on any atom is 0.261 e. The number of methoxy groups -OCH3 is 1. The maximum atomic E-state index is 12.5. The highest BCUT2D eigenvalue weighted by Crippen LogP contribution is 2.32. The molecule has 132 valence electrons. The molecule has 0 fully saturated rings. The zero-order chi connectivity index (χ0) is 17.8. The molecule has 0 radical (unpaired) electrons. The molecule has 1 heterocycles. The molecule has 2 unspecified atom stereocenters. The Bertz CT molecular complexity index is 742. The van der Waals surface area contributed by atoms with E-state index in [4.69, 9.17) is 14.2 Å². The van der Waals surface area contributed by atoms with E-state index in [1.807, 2.05) is 19.1 Å². The van der Waals surface area contributed by atoms with Crippen molar-refractivity contribution in [2.45, 2.75) is 32.4 Å². The quantitative estimate of drug-likeness (QED) is 0.905. The Morgan fingerprint density at radius 1 is 1.20 bits per heavy atom. The molecule has 1 N–H and O–H groups in total. The second-order valence-corrected chi connectivity index (χ2v) is 6.18. The van der Waals surface area contributed by atoms with Gasteiger partial charge in [-0.15, -0.1) is 0 Å². The highest BCUT2D eigenvalue weighted by molar-refractivity contribution is 5.81. The zero-order valence-corrected chi connectivity index (χ0v) is 14.7. The van der Waals surface area contributed by atoms with Crippen LogP contribution < -0.4 is 19.5 Å². The van der Waals surface area contributed by atoms with E-state index in [9.17, 15) is 4.79 Å². The summed E-state index contributed by atoms with van der Waals surface area (Å²) in [6.45, 7) is 4.37. The Balaban J connectivity index is 1.65. The highest BCUT2D eigenvalue weighted by Gasteiger charge is 2.25. The van der Waals surface area contributed by atoms with Gasteiger partial charge in [-0.05, 0) is 44.2 Å². The number of amides is 1. The molecule has 0 spiro atoms. The predicted molar refractivity (Wildman–Crippen MR) is 95.3 cm³/mol. The smallest absolute Gasteiger partial charge is 0.261 e. The number of fused-ring (bicyclic) bond motifs is 1. The molecule has 2 aromatic rings. The summed E-state index contributed by atoms with van der Waals surface area (Å²) >= 11 is 0. The van der Waals surface area contributed by atoms with Gasteiger partial charge in [-0.25, -0.2) is 0 Å². The van der Waals surface area contributed by atoms with Crippen LogP contribution >= 0.6 is 0 Å². The van der Waals surface area contributed by atoms with Crippen molar-refractivity contribution >= 4 is 5.91 Å². The van der Waals surface area contributed by atoms with Gasteiger partial charge in [0.2, 0.25) is 0 Å². The maximum absolute atomic E-state index is 12.5. The molecule has 1 amide bonds. The SMILES string of the molecule is COc1ccc(OC(C)C(=O)NC2CCOc3ccc(C)cc32)cc1. The summed E-state index contributed by atoms with van der Waals surface area (Å²) in [6.07, 6.45) is 0.154. The van der Waals surface area contributed by atoms with E-state index >= 15 is 0 Å². The second-order valence-electron chi connectivity index (χ2n) is 6.18. The van der Waals surface area contributed by atoms with Crippen molar-refractivity contribution in [1.82, 2.24) is 5.32 Å². The summed E-state index contributed by atoms with van der Waals surface area (Å²) in [5.74, 6) is 2.08. The van der Waals surface area contributed by atoms with E-state index in [-0.39, 0.29) is 11.9 Å². The van der Waals surface area contributed by atoms with E-state index in [2.05, 4.69) is 11.4 Å². The molecule has 5 nitrogen and oxygen atoms in total. The fraction of sp³-hybridized carbons (Fsp3) is 0.350. The summed E-state index contributed by atoms with van der Waals surface area (Å²) in [5, 5.41) is 3.08. The van der Waals surface area contributed by atoms with Gasteiger partial charge >= 0.3 is 0 Å². The molecular formula is C20H23NO4. The van der Waals surface area contributed by atoms with Gasteiger partial charge in [-0.2, -0.15) is 0 Å². The molecule has 2 aromatic carbocycles. The summed E-state index contributed by atoms with van der Waals surface area (Å²) in [4.78, 5) is 12.5. The van der Waals surface area contributed by atoms with Gasteiger partial charge in [0.15, 0.2) is 6.10 Å². The third kappa shape index (κ3) is 4.05. The van der Waals surface area contributed by atoms with Crippen LogP contribution in [-0.4, -0.2) is 25.7 Å². The van der Waals surface area contributed by atoms with Gasteiger partial charge in [0.1, 0.15) is 17.2 Å². The lowest BCUT2D eigenvalue weighted by atomic mass is 9.98. The standard InChI is InChI=1S/C20H23NO4/c1-13-4-9-19-17(12-13)18(10-11-24-19)21-20(22)14(2)25-16-7-5-15(23-3)6-8-16/h4-9,12,14,18H,10-11H2,1-3H3,(H,21,22). The fourth-order valence-corrected chi connectivity index (χ4v) is 2.86. The monoisotopic (exact) mass is 341 g/mol. The van der Waals surface area contributed by atoms with Gasteiger partial charge in [-0.1, -0.05) is 17.7 Å². The first-order chi connectivity index (χ1) is 12.1. The van der Waals surface area contributed by atoms with Crippen molar-refractivity contribution in [3.05, 3.63) is 53.6 Å². The van der Waals surface area contributed by atoms with Crippen molar-refractivity contribution in [2.24, 2.45) is 0 Å². The molecule has 1 aliphatic heterocycles. The van der Waals surface area contributed by atoms with Gasteiger partial charge in [0, 0.05) is 12.0 Å². The summed E-state index contributed by atoms with van der Waals surface area (Å²) in [5.41, 5.74) is 2.17. The number of hydrogen-bond donors (Lipinski definition) is 1. The van der Waals surface area contributed by atoms with E-state index < -0.39 is 6.10 Å². The highest BCUT2D eigenvalue weighted by atomic mass is 16.5. The normalized spacial score (nSPS) is 17.0. The van der Waals surface area contributed by atoms with Crippen LogP contribution in [-0.2, 0) is 4.79 Å². The zero-order valence-electron chi connectivity index (χ0n) is 14.7. The van der Waals surface area contributed by atoms with Crippen LogP contribution in [0.4, 0.5) is 0 Å². The average Bonchev–Trinajstić information content (AvgIpc) is 2.62. The van der Waals surface area contributed by atoms with Gasteiger partial charge in [0.25, 0.3) is 5.91 Å². The number of aryl methyl sites for hydroxylation is 1. The summed E-state index contributed by atoms with van der Waals surface area (Å²) < 4.78 is 16.5. The molecule has 0 saturated carbocycles. The molecule has 0 saturated heterocycles. The molecule has 0 bridgehead atoms. The van der Waals surface area contributed by atoms with Crippen molar-refractivity contribution in [1.29, 1.82) is 0 Å². The third-order valence-electron chi connectivity index (χ3n) is 4.26. The molecular weight excluding hydrogens is 318 g/mol. The van der Waals surface area contributed by atoms with Crippen molar-refractivity contribution in [3.63, 3.8) is 0 Å². The number of nitrogens with one attached hydrogen (secondary N) is 1. The Morgan fingerprint density at radius 2 is 1.92 bits per heavy atom. The minimum atomic E-state index is -0.593. The van der Waals surface area contributed by atoms with Crippen LogP contribution in [0.5, 0.6) is 17.2 Å². The van der Waals surface area contributed by atoms with Crippen molar-refractivity contribution < 1.29 is 19.0 Å². The number of benzene rings is 2. The van der Waals surface area contributed by atoms with Crippen LogP contribution in [0.25, 0.3) is 0 Å². The number of ether oxygens (including phenoxy) is 3. The van der Waals surface area contributed by atoms with Crippen LogP contribution in [0.2, 0.25) is 0 Å². The minimum Gasteiger partial charge on any atom is -0.497 e. The molecule has 25 heavy (non-hydrogen) atoms. The lowest BCUT2D eigenvalue weighted by Gasteiger charge is -2.28. The van der Waals surface area contributed by atoms with E-state index in [1.165, 1.54) is 0 Å². The fourth-order valence-electron chi connectivity index (χ4n) is 2.86. The lowest BCUT2D eigenvalue weighted by Crippen LogP contribution is -2.40. The Labute approximate surface area is 147 Å². The Hall–Kier alpha value is -2.69. The minimum absolute atomic E-state index is 0.0573. The Morgan fingerprint density at radius 3 is 2.64 bits per heavy atom. The molecule has 1 aliphatic rings. The predicted octanol–water partition coefficient (Wildman–Crippen LogP) is 3.41. The molecule has 3 rings (SSSR count). The average molecular weight is 341 g/mol. The molecule has 0 aromatic heterocycles.